The molecule has 0 aromatic rings. The molecule has 0 aromatic heterocycles. The minimum absolute atomic E-state index is 0.747. The topological polar surface area (TPSA) is 18.5 Å². The molecule has 0 unspecified atom stereocenters. The summed E-state index contributed by atoms with van der Waals surface area (Å²) in [7, 11) is 3.32. The number of allylic oxidation sites excluding steroid dienone is 3. The molecule has 0 aliphatic heterocycles. The second kappa shape index (κ2) is 6.77. The molecule has 0 fully saturated rings. The van der Waals surface area contributed by atoms with E-state index in [0.29, 0.717) is 0 Å². The lowest BCUT2D eigenvalue weighted by Crippen LogP contribution is -1.88. The average Bonchev–Trinajstić information content (AvgIpc) is 2.13. The molecule has 0 aliphatic rings. The van der Waals surface area contributed by atoms with Gasteiger partial charge in [0, 0.05) is 12.8 Å². The second-order valence-corrected chi connectivity index (χ2v) is 2.31. The molecular formula is C10H17O2. The highest BCUT2D eigenvalue weighted by atomic mass is 16.5. The van der Waals surface area contributed by atoms with E-state index in [4.69, 9.17) is 9.47 Å². The van der Waals surface area contributed by atoms with Crippen LogP contribution in [0.3, 0.4) is 0 Å². The Morgan fingerprint density at radius 3 is 2.17 bits per heavy atom. The van der Waals surface area contributed by atoms with Crippen LogP contribution in [-0.4, -0.2) is 14.2 Å². The van der Waals surface area contributed by atoms with Gasteiger partial charge in [0.05, 0.1) is 25.7 Å². The maximum Gasteiger partial charge on any atom is 0.0954 e. The zero-order valence-corrected chi connectivity index (χ0v) is 8.09. The Labute approximate surface area is 74.9 Å². The predicted molar refractivity (Wildman–Crippen MR) is 50.4 cm³/mol. The van der Waals surface area contributed by atoms with Crippen LogP contribution in [0.5, 0.6) is 0 Å². The summed E-state index contributed by atoms with van der Waals surface area (Å²) in [6, 6.07) is 0. The highest BCUT2D eigenvalue weighted by molar-refractivity contribution is 5.04. The van der Waals surface area contributed by atoms with E-state index in [1.54, 1.807) is 20.3 Å². The van der Waals surface area contributed by atoms with Crippen molar-refractivity contribution in [1.29, 1.82) is 0 Å². The summed E-state index contributed by atoms with van der Waals surface area (Å²) in [5.41, 5.74) is 0. The van der Waals surface area contributed by atoms with Crippen molar-refractivity contribution in [1.82, 2.24) is 0 Å². The molecule has 69 valence electrons. The second-order valence-electron chi connectivity index (χ2n) is 2.31. The molecule has 0 N–H and O–H groups in total. The van der Waals surface area contributed by atoms with Gasteiger partial charge in [-0.1, -0.05) is 6.92 Å². The molecule has 0 heterocycles. The van der Waals surface area contributed by atoms with Gasteiger partial charge in [-0.3, -0.25) is 0 Å². The minimum atomic E-state index is 0.747. The first-order valence-electron chi connectivity index (χ1n) is 4.03. The quantitative estimate of drug-likeness (QED) is 0.589. The van der Waals surface area contributed by atoms with Crippen LogP contribution in [0.15, 0.2) is 23.7 Å². The maximum absolute atomic E-state index is 5.10. The van der Waals surface area contributed by atoms with E-state index >= 15 is 0 Å². The molecule has 0 amide bonds. The molecule has 0 aliphatic carbocycles. The van der Waals surface area contributed by atoms with E-state index in [1.807, 2.05) is 6.08 Å². The van der Waals surface area contributed by atoms with Crippen molar-refractivity contribution in [2.45, 2.75) is 19.8 Å². The van der Waals surface area contributed by atoms with E-state index in [2.05, 4.69) is 13.8 Å². The molecule has 0 atom stereocenters. The molecular weight excluding hydrogens is 152 g/mol. The molecule has 0 rings (SSSR count). The third kappa shape index (κ3) is 4.06. The normalized spacial score (nSPS) is 13.0. The molecule has 12 heavy (non-hydrogen) atoms. The van der Waals surface area contributed by atoms with Gasteiger partial charge in [0.15, 0.2) is 0 Å². The fraction of sp³-hybridized carbons (Fsp3) is 0.500. The molecule has 0 aromatic carbocycles. The summed E-state index contributed by atoms with van der Waals surface area (Å²) in [5, 5.41) is 0. The Hall–Kier alpha value is -0.920. The summed E-state index contributed by atoms with van der Waals surface area (Å²) in [6.07, 6.45) is 5.36. The van der Waals surface area contributed by atoms with Crippen LogP contribution in [0, 0.1) is 6.92 Å². The zero-order valence-electron chi connectivity index (χ0n) is 8.09. The molecule has 0 saturated carbocycles. The molecule has 0 spiro atoms. The van der Waals surface area contributed by atoms with E-state index in [0.717, 1.165) is 24.4 Å². The van der Waals surface area contributed by atoms with Crippen LogP contribution in [-0.2, 0) is 9.47 Å². The van der Waals surface area contributed by atoms with Crippen LogP contribution in [0.4, 0.5) is 0 Å². The highest BCUT2D eigenvalue weighted by Crippen LogP contribution is 2.08. The van der Waals surface area contributed by atoms with Crippen LogP contribution in [0.1, 0.15) is 19.8 Å². The minimum Gasteiger partial charge on any atom is -0.501 e. The largest absolute Gasteiger partial charge is 0.501 e. The Balaban J connectivity index is 3.99. The lowest BCUT2D eigenvalue weighted by atomic mass is 10.2. The molecule has 0 saturated heterocycles. The van der Waals surface area contributed by atoms with Crippen molar-refractivity contribution in [3.05, 3.63) is 30.6 Å². The van der Waals surface area contributed by atoms with Crippen LogP contribution >= 0.6 is 0 Å². The van der Waals surface area contributed by atoms with Gasteiger partial charge >= 0.3 is 0 Å². The standard InChI is InChI=1S/C10H17O2/c1-5-9(11-3)7-8-10(6-2)12-4/h5,8H,1,6-7H2,2-4H3. The summed E-state index contributed by atoms with van der Waals surface area (Å²) >= 11 is 0. The molecule has 2 nitrogen and oxygen atoms in total. The first-order valence-corrected chi connectivity index (χ1v) is 4.03. The van der Waals surface area contributed by atoms with Crippen LogP contribution in [0.25, 0.3) is 0 Å². The van der Waals surface area contributed by atoms with Crippen molar-refractivity contribution in [2.24, 2.45) is 0 Å². The zero-order chi connectivity index (χ0) is 9.40. The summed E-state index contributed by atoms with van der Waals surface area (Å²) < 4.78 is 10.1. The van der Waals surface area contributed by atoms with Gasteiger partial charge in [-0.05, 0) is 19.1 Å². The molecule has 0 bridgehead atoms. The Kier molecular flexibility index (Phi) is 6.25. The number of rotatable bonds is 5. The van der Waals surface area contributed by atoms with E-state index in [1.165, 1.54) is 0 Å². The Morgan fingerprint density at radius 1 is 1.25 bits per heavy atom. The number of methoxy groups -OCH3 is 2. The Morgan fingerprint density at radius 2 is 1.83 bits per heavy atom. The first kappa shape index (κ1) is 11.1. The molecule has 2 heteroatoms. The summed E-state index contributed by atoms with van der Waals surface area (Å²) in [5.74, 6) is 1.84. The SMILES string of the molecule is [CH2]C=C(CC=C(CC)OC)OC. The fourth-order valence-electron chi connectivity index (χ4n) is 0.836. The fourth-order valence-corrected chi connectivity index (χ4v) is 0.836. The number of hydrogen-bond acceptors (Lipinski definition) is 2. The first-order chi connectivity index (χ1) is 5.78. The number of ether oxygens (including phenoxy) is 2. The van der Waals surface area contributed by atoms with Gasteiger partial charge in [0.1, 0.15) is 0 Å². The third-order valence-corrected chi connectivity index (χ3v) is 1.63. The average molecular weight is 169 g/mol. The van der Waals surface area contributed by atoms with Crippen LogP contribution < -0.4 is 0 Å². The maximum atomic E-state index is 5.10. The van der Waals surface area contributed by atoms with Crippen molar-refractivity contribution in [3.63, 3.8) is 0 Å². The number of hydrogen-bond donors (Lipinski definition) is 0. The van der Waals surface area contributed by atoms with E-state index in [-0.39, 0.29) is 0 Å². The lowest BCUT2D eigenvalue weighted by Gasteiger charge is -2.04. The van der Waals surface area contributed by atoms with Gasteiger partial charge in [-0.2, -0.15) is 0 Å². The van der Waals surface area contributed by atoms with Gasteiger partial charge < -0.3 is 9.47 Å². The van der Waals surface area contributed by atoms with E-state index in [9.17, 15) is 0 Å². The van der Waals surface area contributed by atoms with Crippen LogP contribution in [0.2, 0.25) is 0 Å². The third-order valence-electron chi connectivity index (χ3n) is 1.63. The lowest BCUT2D eigenvalue weighted by molar-refractivity contribution is 0.269. The summed E-state index contributed by atoms with van der Waals surface area (Å²) in [4.78, 5) is 0. The highest BCUT2D eigenvalue weighted by Gasteiger charge is 1.94. The smallest absolute Gasteiger partial charge is 0.0954 e. The monoisotopic (exact) mass is 169 g/mol. The Bertz CT molecular complexity index is 163. The van der Waals surface area contributed by atoms with Gasteiger partial charge in [-0.15, -0.1) is 0 Å². The van der Waals surface area contributed by atoms with Gasteiger partial charge in [-0.25, -0.2) is 0 Å². The van der Waals surface area contributed by atoms with Crippen molar-refractivity contribution < 1.29 is 9.47 Å². The van der Waals surface area contributed by atoms with E-state index < -0.39 is 0 Å². The predicted octanol–water partition coefficient (Wildman–Crippen LogP) is 2.68. The van der Waals surface area contributed by atoms with Gasteiger partial charge in [0.2, 0.25) is 0 Å². The molecule has 1 radical (unpaired) electrons. The summed E-state index contributed by atoms with van der Waals surface area (Å²) in [6.45, 7) is 5.68. The van der Waals surface area contributed by atoms with Crippen molar-refractivity contribution in [3.8, 4) is 0 Å². The van der Waals surface area contributed by atoms with Gasteiger partial charge in [0.25, 0.3) is 0 Å². The van der Waals surface area contributed by atoms with Crippen molar-refractivity contribution >= 4 is 0 Å². The van der Waals surface area contributed by atoms with Crippen molar-refractivity contribution in [2.75, 3.05) is 14.2 Å².